The third-order valence-corrected chi connectivity index (χ3v) is 6.39. The van der Waals surface area contributed by atoms with Crippen LogP contribution in [0.5, 0.6) is 0 Å². The van der Waals surface area contributed by atoms with E-state index in [0.717, 1.165) is 6.42 Å². The van der Waals surface area contributed by atoms with Crippen molar-refractivity contribution in [1.82, 2.24) is 0 Å². The number of hydrogen-bond donors (Lipinski definition) is 1. The lowest BCUT2D eigenvalue weighted by Gasteiger charge is -2.33. The summed E-state index contributed by atoms with van der Waals surface area (Å²) in [6, 6.07) is 2.07. The summed E-state index contributed by atoms with van der Waals surface area (Å²) in [6.45, 7) is 8.51. The fraction of sp³-hybridized carbons (Fsp3) is 0.944. The van der Waals surface area contributed by atoms with Gasteiger partial charge in [0.1, 0.15) is 6.10 Å². The lowest BCUT2D eigenvalue weighted by Crippen LogP contribution is -2.32. The molecule has 156 valence electrons. The number of phosphoric ester groups is 1. The van der Waals surface area contributed by atoms with Crippen molar-refractivity contribution in [2.45, 2.75) is 83.9 Å². The highest BCUT2D eigenvalue weighted by atomic mass is 31.2. The highest BCUT2D eigenvalue weighted by Crippen LogP contribution is 2.55. The second-order valence-corrected chi connectivity index (χ2v) is 9.65. The average molecular weight is 405 g/mol. The molecule has 0 radical (unpaired) electrons. The molecule has 1 N–H and O–H groups in total. The van der Waals surface area contributed by atoms with Gasteiger partial charge >= 0.3 is 7.82 Å². The second-order valence-electron chi connectivity index (χ2n) is 8.08. The van der Waals surface area contributed by atoms with Crippen LogP contribution >= 0.6 is 7.82 Å². The predicted molar refractivity (Wildman–Crippen MR) is 98.0 cm³/mol. The lowest BCUT2D eigenvalue weighted by molar-refractivity contribution is -0.0329. The SMILES string of the molecule is CCC1OCCC1OP(=O)(OCC1OCCC1O)OC(CC#N)C(C)(C)C. The van der Waals surface area contributed by atoms with E-state index in [0.29, 0.717) is 26.1 Å². The van der Waals surface area contributed by atoms with E-state index in [-0.39, 0.29) is 19.1 Å². The molecule has 0 bridgehead atoms. The molecule has 6 atom stereocenters. The number of rotatable bonds is 9. The van der Waals surface area contributed by atoms with E-state index in [9.17, 15) is 9.67 Å². The summed E-state index contributed by atoms with van der Waals surface area (Å²) in [5.74, 6) is 0. The lowest BCUT2D eigenvalue weighted by atomic mass is 9.88. The summed E-state index contributed by atoms with van der Waals surface area (Å²) in [6.07, 6.45) is -0.586. The molecule has 8 nitrogen and oxygen atoms in total. The molecule has 0 aromatic heterocycles. The molecule has 0 saturated carbocycles. The third-order valence-electron chi connectivity index (χ3n) is 4.89. The molecule has 27 heavy (non-hydrogen) atoms. The zero-order chi connectivity index (χ0) is 20.1. The molecule has 9 heteroatoms. The molecule has 0 aromatic carbocycles. The Hall–Kier alpha value is -0.520. The van der Waals surface area contributed by atoms with Gasteiger partial charge in [0.2, 0.25) is 0 Å². The van der Waals surface area contributed by atoms with Crippen LogP contribution in [0.1, 0.15) is 53.4 Å². The monoisotopic (exact) mass is 405 g/mol. The van der Waals surface area contributed by atoms with Crippen molar-refractivity contribution >= 4 is 7.82 Å². The van der Waals surface area contributed by atoms with Gasteiger partial charge in [-0.05, 0) is 18.3 Å². The van der Waals surface area contributed by atoms with Crippen molar-refractivity contribution < 1.29 is 32.7 Å². The van der Waals surface area contributed by atoms with Gasteiger partial charge in [-0.15, -0.1) is 0 Å². The van der Waals surface area contributed by atoms with E-state index < -0.39 is 37.7 Å². The maximum atomic E-state index is 13.5. The molecule has 0 aromatic rings. The van der Waals surface area contributed by atoms with Crippen LogP contribution in [0.2, 0.25) is 0 Å². The highest BCUT2D eigenvalue weighted by molar-refractivity contribution is 7.48. The van der Waals surface area contributed by atoms with E-state index in [1.807, 2.05) is 27.7 Å². The summed E-state index contributed by atoms with van der Waals surface area (Å²) in [5, 5.41) is 19.0. The van der Waals surface area contributed by atoms with Gasteiger partial charge in [0.05, 0.1) is 43.5 Å². The Kier molecular flexibility index (Phi) is 8.26. The van der Waals surface area contributed by atoms with Crippen LogP contribution in [-0.4, -0.2) is 55.4 Å². The Balaban J connectivity index is 2.13. The number of nitriles is 1. The Morgan fingerprint density at radius 2 is 1.93 bits per heavy atom. The van der Waals surface area contributed by atoms with Crippen molar-refractivity contribution in [1.29, 1.82) is 5.26 Å². The van der Waals surface area contributed by atoms with Crippen LogP contribution in [-0.2, 0) is 27.6 Å². The zero-order valence-corrected chi connectivity index (χ0v) is 17.5. The van der Waals surface area contributed by atoms with Crippen molar-refractivity contribution in [3.63, 3.8) is 0 Å². The van der Waals surface area contributed by atoms with E-state index in [4.69, 9.17) is 28.3 Å². The maximum absolute atomic E-state index is 13.5. The quantitative estimate of drug-likeness (QED) is 0.583. The molecule has 2 fully saturated rings. The Labute approximate surface area is 161 Å². The van der Waals surface area contributed by atoms with Gasteiger partial charge in [0.15, 0.2) is 0 Å². The number of ether oxygens (including phenoxy) is 2. The van der Waals surface area contributed by atoms with Gasteiger partial charge in [0.25, 0.3) is 0 Å². The molecule has 0 spiro atoms. The predicted octanol–water partition coefficient (Wildman–Crippen LogP) is 3.19. The molecule has 0 amide bonds. The smallest absolute Gasteiger partial charge is 0.390 e. The van der Waals surface area contributed by atoms with Crippen LogP contribution in [0.25, 0.3) is 0 Å². The third kappa shape index (κ3) is 6.50. The molecular weight excluding hydrogens is 373 g/mol. The van der Waals surface area contributed by atoms with Crippen molar-refractivity contribution in [3.05, 3.63) is 0 Å². The van der Waals surface area contributed by atoms with Gasteiger partial charge in [-0.1, -0.05) is 27.7 Å². The standard InChI is InChI=1S/C18H32NO7P/c1-5-14-15(8-11-22-14)25-27(21,24-12-16-13(20)7-10-23-16)26-17(6-9-19)18(2,3)4/h13-17,20H,5-8,10-12H2,1-4H3. The van der Waals surface area contributed by atoms with Crippen LogP contribution in [0.4, 0.5) is 0 Å². The highest BCUT2D eigenvalue weighted by Gasteiger charge is 2.42. The van der Waals surface area contributed by atoms with Crippen LogP contribution in [0.15, 0.2) is 0 Å². The van der Waals surface area contributed by atoms with E-state index in [1.165, 1.54) is 0 Å². The Morgan fingerprint density at radius 1 is 1.26 bits per heavy atom. The molecule has 2 heterocycles. The number of hydrogen-bond acceptors (Lipinski definition) is 8. The Bertz CT molecular complexity index is 559. The van der Waals surface area contributed by atoms with E-state index in [1.54, 1.807) is 0 Å². The van der Waals surface area contributed by atoms with Crippen LogP contribution < -0.4 is 0 Å². The minimum Gasteiger partial charge on any atom is -0.390 e. The first-order chi connectivity index (χ1) is 12.7. The van der Waals surface area contributed by atoms with Gasteiger partial charge in [0, 0.05) is 19.6 Å². The largest absolute Gasteiger partial charge is 0.475 e. The molecule has 0 aliphatic carbocycles. The first-order valence-corrected chi connectivity index (χ1v) is 11.0. The van der Waals surface area contributed by atoms with Crippen LogP contribution in [0.3, 0.4) is 0 Å². The summed E-state index contributed by atoms with van der Waals surface area (Å²) in [7, 11) is -4.00. The Morgan fingerprint density at radius 3 is 2.48 bits per heavy atom. The normalized spacial score (nSPS) is 32.1. The average Bonchev–Trinajstić information content (AvgIpc) is 3.20. The first-order valence-electron chi connectivity index (χ1n) is 9.58. The summed E-state index contributed by atoms with van der Waals surface area (Å²) in [5.41, 5.74) is -0.433. The summed E-state index contributed by atoms with van der Waals surface area (Å²) in [4.78, 5) is 0. The van der Waals surface area contributed by atoms with Crippen LogP contribution in [0, 0.1) is 16.7 Å². The summed E-state index contributed by atoms with van der Waals surface area (Å²) < 4.78 is 41.6. The van der Waals surface area contributed by atoms with E-state index in [2.05, 4.69) is 6.07 Å². The van der Waals surface area contributed by atoms with Gasteiger partial charge in [-0.2, -0.15) is 5.26 Å². The number of aliphatic hydroxyl groups excluding tert-OH is 1. The molecule has 2 aliphatic rings. The van der Waals surface area contributed by atoms with Crippen molar-refractivity contribution in [3.8, 4) is 6.07 Å². The molecule has 2 aliphatic heterocycles. The van der Waals surface area contributed by atoms with Gasteiger partial charge in [-0.3, -0.25) is 13.6 Å². The van der Waals surface area contributed by atoms with Crippen molar-refractivity contribution in [2.24, 2.45) is 5.41 Å². The molecule has 2 saturated heterocycles. The molecular formula is C18H32NO7P. The number of aliphatic hydroxyl groups is 1. The van der Waals surface area contributed by atoms with E-state index >= 15 is 0 Å². The minimum atomic E-state index is -4.00. The number of phosphoric acid groups is 1. The fourth-order valence-electron chi connectivity index (χ4n) is 3.08. The minimum absolute atomic E-state index is 0.0567. The molecule has 6 unspecified atom stereocenters. The topological polar surface area (TPSA) is 107 Å². The summed E-state index contributed by atoms with van der Waals surface area (Å²) >= 11 is 0. The van der Waals surface area contributed by atoms with Gasteiger partial charge in [-0.25, -0.2) is 4.57 Å². The molecule has 2 rings (SSSR count). The maximum Gasteiger partial charge on any atom is 0.475 e. The second kappa shape index (κ2) is 9.80. The van der Waals surface area contributed by atoms with Gasteiger partial charge < -0.3 is 14.6 Å². The zero-order valence-electron chi connectivity index (χ0n) is 16.6. The fourth-order valence-corrected chi connectivity index (χ4v) is 4.86. The number of nitrogens with zero attached hydrogens (tertiary/aromatic N) is 1. The van der Waals surface area contributed by atoms with Crippen molar-refractivity contribution in [2.75, 3.05) is 19.8 Å². The first kappa shape index (κ1) is 22.8.